The number of carbonyl (C=O) groups is 1. The van der Waals surface area contributed by atoms with Gasteiger partial charge in [0.05, 0.1) is 0 Å². The molecule has 1 aliphatic rings. The van der Waals surface area contributed by atoms with Crippen molar-refractivity contribution >= 4 is 30.7 Å². The molecular weight excluding hydrogens is 491 g/mol. The predicted octanol–water partition coefficient (Wildman–Crippen LogP) is 6.91. The molecule has 0 unspecified atom stereocenters. The van der Waals surface area contributed by atoms with Crippen molar-refractivity contribution in [2.24, 2.45) is 0 Å². The number of para-hydroxylation sites is 2. The molecule has 1 N–H and O–H groups in total. The quantitative estimate of drug-likeness (QED) is 0.200. The topological polar surface area (TPSA) is 53.0 Å². The van der Waals surface area contributed by atoms with E-state index in [-0.39, 0.29) is 19.0 Å². The number of hydrogen-bond acceptors (Lipinski definition) is 5. The molecule has 4 aromatic carbocycles. The van der Waals surface area contributed by atoms with Gasteiger partial charge in [-0.1, -0.05) is 0 Å². The molecule has 5 rings (SSSR count). The first-order chi connectivity index (χ1) is 18.6. The molecule has 0 radical (unpaired) electrons. The Bertz CT molecular complexity index is 1290. The standard InChI is InChI=1S/C32H33N2O3P/c1-2-37-31(35)25-30(32(26-15-7-3-8-16-26)27-17-9-4-10-18-27)38(36)33(28-19-11-5-12-20-28)23-24-34(38)29-21-13-6-14-22-29/h3-22,36,38H,2,23-25H2,1H3. The molecule has 1 aliphatic heterocycles. The van der Waals surface area contributed by atoms with Gasteiger partial charge in [-0.05, 0) is 0 Å². The number of anilines is 2. The van der Waals surface area contributed by atoms with Gasteiger partial charge >= 0.3 is 225 Å². The average molecular weight is 525 g/mol. The van der Waals surface area contributed by atoms with Gasteiger partial charge in [-0.25, -0.2) is 0 Å². The van der Waals surface area contributed by atoms with Crippen molar-refractivity contribution in [2.45, 2.75) is 13.3 Å². The number of esters is 1. The van der Waals surface area contributed by atoms with Crippen LogP contribution in [0.1, 0.15) is 24.5 Å². The van der Waals surface area contributed by atoms with Gasteiger partial charge in [-0.15, -0.1) is 0 Å². The van der Waals surface area contributed by atoms with Gasteiger partial charge in [-0.2, -0.15) is 0 Å². The summed E-state index contributed by atoms with van der Waals surface area (Å²) in [7, 11) is -3.73. The van der Waals surface area contributed by atoms with E-state index in [1.54, 1.807) is 0 Å². The van der Waals surface area contributed by atoms with E-state index in [2.05, 4.69) is 9.34 Å². The van der Waals surface area contributed by atoms with Crippen LogP contribution < -0.4 is 9.34 Å². The molecule has 1 saturated heterocycles. The molecule has 0 atom stereocenters. The minimum absolute atomic E-state index is 0.0116. The number of hydrogen-bond donors (Lipinski definition) is 1. The van der Waals surface area contributed by atoms with E-state index in [4.69, 9.17) is 4.74 Å². The molecular formula is C32H33N2O3P. The third kappa shape index (κ3) is 5.08. The summed E-state index contributed by atoms with van der Waals surface area (Å²) in [5, 5.41) is 0.707. The third-order valence-corrected chi connectivity index (χ3v) is 10.6. The van der Waals surface area contributed by atoms with Crippen LogP contribution in [-0.4, -0.2) is 30.6 Å². The van der Waals surface area contributed by atoms with Crippen LogP contribution in [0.25, 0.3) is 5.57 Å². The summed E-state index contributed by atoms with van der Waals surface area (Å²) in [6.45, 7) is 3.35. The van der Waals surface area contributed by atoms with Crippen LogP contribution in [-0.2, 0) is 9.53 Å². The molecule has 38 heavy (non-hydrogen) atoms. The second kappa shape index (κ2) is 11.6. The normalized spacial score (nSPS) is 15.1. The number of rotatable bonds is 8. The van der Waals surface area contributed by atoms with E-state index < -0.39 is 7.79 Å². The fraction of sp³-hybridized carbons (Fsp3) is 0.156. The molecule has 4 aromatic rings. The van der Waals surface area contributed by atoms with Crippen molar-refractivity contribution in [2.75, 3.05) is 29.0 Å². The molecule has 0 spiro atoms. The number of benzene rings is 4. The van der Waals surface area contributed by atoms with Crippen LogP contribution >= 0.6 is 7.79 Å². The van der Waals surface area contributed by atoms with E-state index in [9.17, 15) is 9.69 Å². The van der Waals surface area contributed by atoms with Gasteiger partial charge in [0.1, 0.15) is 0 Å². The molecule has 6 heteroatoms. The number of nitrogens with zero attached hydrogens (tertiary/aromatic N) is 2. The van der Waals surface area contributed by atoms with Crippen molar-refractivity contribution in [3.63, 3.8) is 0 Å². The van der Waals surface area contributed by atoms with Gasteiger partial charge in [0.25, 0.3) is 0 Å². The third-order valence-electron chi connectivity index (χ3n) is 6.89. The summed E-state index contributed by atoms with van der Waals surface area (Å²) in [5.41, 5.74) is 4.64. The monoisotopic (exact) mass is 524 g/mol. The molecule has 0 aromatic heterocycles. The van der Waals surface area contributed by atoms with Gasteiger partial charge in [0.2, 0.25) is 0 Å². The molecule has 1 fully saturated rings. The van der Waals surface area contributed by atoms with E-state index >= 15 is 0 Å². The van der Waals surface area contributed by atoms with Gasteiger partial charge in [0.15, 0.2) is 0 Å². The van der Waals surface area contributed by atoms with Crippen LogP contribution in [0.3, 0.4) is 0 Å². The van der Waals surface area contributed by atoms with Crippen molar-refractivity contribution in [1.82, 2.24) is 0 Å². The minimum atomic E-state index is -3.73. The van der Waals surface area contributed by atoms with Crippen LogP contribution in [0.15, 0.2) is 127 Å². The first kappa shape index (κ1) is 25.7. The Hall–Kier alpha value is -3.92. The molecule has 5 nitrogen and oxygen atoms in total. The molecule has 0 bridgehead atoms. The molecule has 0 amide bonds. The first-order valence-corrected chi connectivity index (χ1v) is 14.8. The van der Waals surface area contributed by atoms with Crippen molar-refractivity contribution in [1.29, 1.82) is 0 Å². The van der Waals surface area contributed by atoms with Crippen LogP contribution in [0.4, 0.5) is 11.4 Å². The predicted molar refractivity (Wildman–Crippen MR) is 158 cm³/mol. The average Bonchev–Trinajstić information content (AvgIpc) is 3.33. The fourth-order valence-corrected chi connectivity index (χ4v) is 9.06. The summed E-state index contributed by atoms with van der Waals surface area (Å²) in [4.78, 5) is 26.4. The number of ether oxygens (including phenoxy) is 1. The zero-order valence-corrected chi connectivity index (χ0v) is 22.5. The molecule has 194 valence electrons. The summed E-state index contributed by atoms with van der Waals surface area (Å²) >= 11 is 0. The maximum absolute atomic E-state index is 13.2. The Labute approximate surface area is 225 Å². The zero-order chi connectivity index (χ0) is 26.4. The van der Waals surface area contributed by atoms with E-state index in [0.29, 0.717) is 18.4 Å². The number of carbonyl (C=O) groups excluding carboxylic acids is 1. The Morgan fingerprint density at radius 2 is 1.11 bits per heavy atom. The van der Waals surface area contributed by atoms with Crippen molar-refractivity contribution < 1.29 is 14.4 Å². The van der Waals surface area contributed by atoms with Crippen molar-refractivity contribution in [3.8, 4) is 0 Å². The van der Waals surface area contributed by atoms with E-state index in [0.717, 1.165) is 28.1 Å². The second-order valence-electron chi connectivity index (χ2n) is 9.18. The summed E-state index contributed by atoms with van der Waals surface area (Å²) in [5.74, 6) is -0.347. The zero-order valence-electron chi connectivity index (χ0n) is 21.5. The SMILES string of the molecule is CCOC(=O)CC(=C(c1ccccc1)c1ccccc1)[PH]1(O)N(c2ccccc2)CCN1c1ccccc1. The Balaban J connectivity index is 1.83. The van der Waals surface area contributed by atoms with Crippen LogP contribution in [0.5, 0.6) is 0 Å². The fourth-order valence-electron chi connectivity index (χ4n) is 5.27. The van der Waals surface area contributed by atoms with Gasteiger partial charge < -0.3 is 0 Å². The first-order valence-electron chi connectivity index (χ1n) is 13.0. The Morgan fingerprint density at radius 1 is 0.711 bits per heavy atom. The van der Waals surface area contributed by atoms with E-state index in [1.807, 2.05) is 128 Å². The molecule has 1 heterocycles. The summed E-state index contributed by atoms with van der Waals surface area (Å²) < 4.78 is 9.73. The summed E-state index contributed by atoms with van der Waals surface area (Å²) in [6, 6.07) is 40.1. The van der Waals surface area contributed by atoms with Gasteiger partial charge in [0, 0.05) is 0 Å². The Morgan fingerprint density at radius 3 is 1.50 bits per heavy atom. The van der Waals surface area contributed by atoms with Crippen LogP contribution in [0.2, 0.25) is 0 Å². The Kier molecular flexibility index (Phi) is 7.88. The molecule has 0 saturated carbocycles. The van der Waals surface area contributed by atoms with Crippen molar-refractivity contribution in [3.05, 3.63) is 138 Å². The van der Waals surface area contributed by atoms with Gasteiger partial charge in [-0.3, -0.25) is 0 Å². The summed E-state index contributed by atoms with van der Waals surface area (Å²) in [6.07, 6.45) is -0.0116. The van der Waals surface area contributed by atoms with Crippen LogP contribution in [0, 0.1) is 0 Å². The second-order valence-corrected chi connectivity index (χ2v) is 12.1. The van der Waals surface area contributed by atoms with E-state index in [1.165, 1.54) is 0 Å². The molecule has 0 aliphatic carbocycles. The maximum atomic E-state index is 13.2.